The summed E-state index contributed by atoms with van der Waals surface area (Å²) in [5.41, 5.74) is 1.87. The fourth-order valence-electron chi connectivity index (χ4n) is 4.20. The zero-order valence-electron chi connectivity index (χ0n) is 13.9. The second-order valence-electron chi connectivity index (χ2n) is 7.08. The molecule has 2 aliphatic carbocycles. The summed E-state index contributed by atoms with van der Waals surface area (Å²) in [5, 5.41) is 12.4. The second kappa shape index (κ2) is 5.66. The smallest absolute Gasteiger partial charge is 0.311 e. The maximum Gasteiger partial charge on any atom is 0.311 e. The van der Waals surface area contributed by atoms with Crippen molar-refractivity contribution < 1.29 is 14.7 Å². The second-order valence-corrected chi connectivity index (χ2v) is 7.08. The van der Waals surface area contributed by atoms with Crippen LogP contribution in [0.5, 0.6) is 0 Å². The number of carbonyl (C=O) groups excluding carboxylic acids is 1. The molecule has 4 heteroatoms. The van der Waals surface area contributed by atoms with Gasteiger partial charge in [0.15, 0.2) is 0 Å². The van der Waals surface area contributed by atoms with Crippen LogP contribution in [0.1, 0.15) is 50.7 Å². The fourth-order valence-corrected chi connectivity index (χ4v) is 4.20. The van der Waals surface area contributed by atoms with Crippen LogP contribution in [-0.2, 0) is 21.4 Å². The highest BCUT2D eigenvalue weighted by Crippen LogP contribution is 2.61. The Labute approximate surface area is 137 Å². The van der Waals surface area contributed by atoms with Crippen LogP contribution in [-0.4, -0.2) is 23.5 Å². The van der Waals surface area contributed by atoms with Crippen LogP contribution in [0, 0.1) is 11.3 Å². The number of carboxylic acid groups (broad SMARTS) is 1. The van der Waals surface area contributed by atoms with Gasteiger partial charge in [0, 0.05) is 17.9 Å². The van der Waals surface area contributed by atoms with E-state index in [1.54, 1.807) is 0 Å². The third-order valence-electron chi connectivity index (χ3n) is 6.19. The van der Waals surface area contributed by atoms with Crippen molar-refractivity contribution in [2.45, 2.75) is 51.4 Å². The topological polar surface area (TPSA) is 66.4 Å². The lowest BCUT2D eigenvalue weighted by Gasteiger charge is -2.27. The molecule has 1 aromatic rings. The number of hydrogen-bond donors (Lipinski definition) is 2. The Kier molecular flexibility index (Phi) is 3.95. The molecule has 0 saturated heterocycles. The monoisotopic (exact) mass is 315 g/mol. The van der Waals surface area contributed by atoms with Gasteiger partial charge in [-0.05, 0) is 43.2 Å². The summed E-state index contributed by atoms with van der Waals surface area (Å²) >= 11 is 0. The predicted octanol–water partition coefficient (Wildman–Crippen LogP) is 2.90. The Morgan fingerprint density at radius 2 is 2.00 bits per heavy atom. The molecule has 2 aliphatic rings. The standard InChI is InChI=1S/C19H25NO3/c1-3-18(4-2,17(22)23)12-20-16(21)15-11-19(15)10-9-13-7-5-6-8-14(13)19/h5-8,15H,3-4,9-12H2,1-2H3,(H,20,21)(H,22,23). The molecule has 0 radical (unpaired) electrons. The molecule has 2 atom stereocenters. The van der Waals surface area contributed by atoms with Crippen LogP contribution in [0.3, 0.4) is 0 Å². The zero-order valence-corrected chi connectivity index (χ0v) is 13.9. The maximum atomic E-state index is 12.6. The van der Waals surface area contributed by atoms with E-state index in [2.05, 4.69) is 23.5 Å². The van der Waals surface area contributed by atoms with Gasteiger partial charge in [-0.2, -0.15) is 0 Å². The molecule has 1 fully saturated rings. The molecule has 124 valence electrons. The Morgan fingerprint density at radius 1 is 1.30 bits per heavy atom. The molecule has 0 aromatic heterocycles. The first-order valence-corrected chi connectivity index (χ1v) is 8.58. The minimum Gasteiger partial charge on any atom is -0.481 e. The van der Waals surface area contributed by atoms with Crippen molar-refractivity contribution in [3.63, 3.8) is 0 Å². The number of carboxylic acids is 1. The molecule has 23 heavy (non-hydrogen) atoms. The van der Waals surface area contributed by atoms with E-state index in [4.69, 9.17) is 0 Å². The molecule has 2 unspecified atom stereocenters. The Hall–Kier alpha value is -1.84. The Bertz CT molecular complexity index is 635. The molecular formula is C19H25NO3. The van der Waals surface area contributed by atoms with Crippen molar-refractivity contribution in [1.29, 1.82) is 0 Å². The van der Waals surface area contributed by atoms with Crippen molar-refractivity contribution in [1.82, 2.24) is 5.32 Å². The lowest BCUT2D eigenvalue weighted by Crippen LogP contribution is -2.43. The van der Waals surface area contributed by atoms with E-state index in [-0.39, 0.29) is 23.8 Å². The number of nitrogens with one attached hydrogen (secondary N) is 1. The lowest BCUT2D eigenvalue weighted by molar-refractivity contribution is -0.149. The molecule has 1 spiro atoms. The number of hydrogen-bond acceptors (Lipinski definition) is 2. The van der Waals surface area contributed by atoms with E-state index < -0.39 is 11.4 Å². The first-order valence-electron chi connectivity index (χ1n) is 8.58. The summed E-state index contributed by atoms with van der Waals surface area (Å²) in [6.07, 6.45) is 4.03. The molecule has 2 N–H and O–H groups in total. The van der Waals surface area contributed by atoms with Crippen molar-refractivity contribution in [2.75, 3.05) is 6.54 Å². The first-order chi connectivity index (χ1) is 11.0. The van der Waals surface area contributed by atoms with Gasteiger partial charge in [0.1, 0.15) is 0 Å². The summed E-state index contributed by atoms with van der Waals surface area (Å²) in [6.45, 7) is 3.97. The summed E-state index contributed by atoms with van der Waals surface area (Å²) in [4.78, 5) is 24.1. The van der Waals surface area contributed by atoms with E-state index in [9.17, 15) is 14.7 Å². The number of carbonyl (C=O) groups is 2. The maximum absolute atomic E-state index is 12.6. The van der Waals surface area contributed by atoms with Crippen LogP contribution in [0.4, 0.5) is 0 Å². The highest BCUT2D eigenvalue weighted by Gasteiger charge is 2.61. The van der Waals surface area contributed by atoms with Crippen LogP contribution in [0.25, 0.3) is 0 Å². The molecule has 0 aliphatic heterocycles. The van der Waals surface area contributed by atoms with E-state index >= 15 is 0 Å². The minimum atomic E-state index is -0.842. The third-order valence-corrected chi connectivity index (χ3v) is 6.19. The summed E-state index contributed by atoms with van der Waals surface area (Å²) in [5.74, 6) is -0.792. The number of fused-ring (bicyclic) bond motifs is 2. The normalized spacial score (nSPS) is 25.2. The molecule has 4 nitrogen and oxygen atoms in total. The van der Waals surface area contributed by atoms with Gasteiger partial charge in [0.2, 0.25) is 5.91 Å². The van der Waals surface area contributed by atoms with Crippen LogP contribution < -0.4 is 5.32 Å². The number of amides is 1. The number of rotatable bonds is 6. The summed E-state index contributed by atoms with van der Waals surface area (Å²) in [7, 11) is 0. The van der Waals surface area contributed by atoms with Crippen molar-refractivity contribution in [2.24, 2.45) is 11.3 Å². The largest absolute Gasteiger partial charge is 0.481 e. The van der Waals surface area contributed by atoms with Crippen LogP contribution >= 0.6 is 0 Å². The Balaban J connectivity index is 1.67. The lowest BCUT2D eigenvalue weighted by atomic mass is 9.82. The number of benzene rings is 1. The van der Waals surface area contributed by atoms with Crippen molar-refractivity contribution in [3.8, 4) is 0 Å². The molecule has 1 aromatic carbocycles. The quantitative estimate of drug-likeness (QED) is 0.848. The molecule has 0 bridgehead atoms. The van der Waals surface area contributed by atoms with E-state index in [1.165, 1.54) is 11.1 Å². The van der Waals surface area contributed by atoms with Crippen molar-refractivity contribution >= 4 is 11.9 Å². The van der Waals surface area contributed by atoms with Gasteiger partial charge in [0.05, 0.1) is 5.41 Å². The highest BCUT2D eigenvalue weighted by atomic mass is 16.4. The van der Waals surface area contributed by atoms with Gasteiger partial charge in [-0.3, -0.25) is 9.59 Å². The minimum absolute atomic E-state index is 0.00589. The van der Waals surface area contributed by atoms with E-state index in [1.807, 2.05) is 19.9 Å². The highest BCUT2D eigenvalue weighted by molar-refractivity contribution is 5.85. The predicted molar refractivity (Wildman–Crippen MR) is 88.2 cm³/mol. The van der Waals surface area contributed by atoms with E-state index in [0.29, 0.717) is 12.8 Å². The van der Waals surface area contributed by atoms with Gasteiger partial charge >= 0.3 is 5.97 Å². The first kappa shape index (κ1) is 16.0. The van der Waals surface area contributed by atoms with Crippen LogP contribution in [0.15, 0.2) is 24.3 Å². The van der Waals surface area contributed by atoms with Gasteiger partial charge < -0.3 is 10.4 Å². The molecular weight excluding hydrogens is 290 g/mol. The van der Waals surface area contributed by atoms with Gasteiger partial charge in [0.25, 0.3) is 0 Å². The van der Waals surface area contributed by atoms with Gasteiger partial charge in [-0.15, -0.1) is 0 Å². The van der Waals surface area contributed by atoms with Crippen LogP contribution in [0.2, 0.25) is 0 Å². The number of aliphatic carboxylic acids is 1. The SMILES string of the molecule is CCC(CC)(CNC(=O)C1CC12CCc1ccccc12)C(=O)O. The fraction of sp³-hybridized carbons (Fsp3) is 0.579. The average molecular weight is 315 g/mol. The summed E-state index contributed by atoms with van der Waals surface area (Å²) < 4.78 is 0. The molecule has 3 rings (SSSR count). The number of aryl methyl sites for hydroxylation is 1. The zero-order chi connectivity index (χ0) is 16.7. The van der Waals surface area contributed by atoms with E-state index in [0.717, 1.165) is 19.3 Å². The van der Waals surface area contributed by atoms with Gasteiger partial charge in [-0.25, -0.2) is 0 Å². The third kappa shape index (κ3) is 2.44. The molecule has 1 saturated carbocycles. The molecule has 1 amide bonds. The summed E-state index contributed by atoms with van der Waals surface area (Å²) in [6, 6.07) is 8.40. The molecule has 0 heterocycles. The van der Waals surface area contributed by atoms with Crippen molar-refractivity contribution in [3.05, 3.63) is 35.4 Å². The average Bonchev–Trinajstić information content (AvgIpc) is 3.18. The van der Waals surface area contributed by atoms with Gasteiger partial charge in [-0.1, -0.05) is 38.1 Å². The Morgan fingerprint density at radius 3 is 2.65 bits per heavy atom.